The van der Waals surface area contributed by atoms with Gasteiger partial charge >= 0.3 is 6.09 Å². The molecule has 0 radical (unpaired) electrons. The summed E-state index contributed by atoms with van der Waals surface area (Å²) in [5.41, 5.74) is 0.582. The first kappa shape index (κ1) is 18.5. The molecule has 0 bridgehead atoms. The van der Waals surface area contributed by atoms with E-state index >= 15 is 0 Å². The molecule has 1 N–H and O–H groups in total. The molecule has 134 valence electrons. The number of aromatic nitrogens is 1. The van der Waals surface area contributed by atoms with Crippen LogP contribution in [0.4, 0.5) is 9.18 Å². The number of pyridine rings is 1. The molecule has 6 heteroatoms. The van der Waals surface area contributed by atoms with Gasteiger partial charge in [-0.3, -0.25) is 4.90 Å². The number of carbonyl (C=O) groups is 1. The van der Waals surface area contributed by atoms with Gasteiger partial charge in [-0.25, -0.2) is 14.2 Å². The highest BCUT2D eigenvalue weighted by atomic mass is 19.1. The Morgan fingerprint density at radius 3 is 2.38 bits per heavy atom. The number of fused-ring (bicyclic) bond motifs is 1. The Balaban J connectivity index is 2.00. The van der Waals surface area contributed by atoms with Gasteiger partial charge in [-0.1, -0.05) is 6.92 Å². The second kappa shape index (κ2) is 5.90. The molecule has 1 amide bonds. The topological polar surface area (TPSA) is 62.7 Å². The quantitative estimate of drug-likeness (QED) is 0.844. The van der Waals surface area contributed by atoms with Gasteiger partial charge in [-0.15, -0.1) is 0 Å². The minimum absolute atomic E-state index is 0.107. The van der Waals surface area contributed by atoms with Crippen molar-refractivity contribution in [3.63, 3.8) is 0 Å². The summed E-state index contributed by atoms with van der Waals surface area (Å²) in [4.78, 5) is 17.3. The van der Waals surface area contributed by atoms with E-state index in [-0.39, 0.29) is 11.7 Å². The predicted octanol–water partition coefficient (Wildman–Crippen LogP) is 4.47. The van der Waals surface area contributed by atoms with Gasteiger partial charge in [-0.2, -0.15) is 0 Å². The Morgan fingerprint density at radius 2 is 1.92 bits per heavy atom. The highest BCUT2D eigenvalue weighted by molar-refractivity contribution is 5.86. The predicted molar refractivity (Wildman–Crippen MR) is 90.9 cm³/mol. The van der Waals surface area contributed by atoms with E-state index < -0.39 is 17.2 Å². The van der Waals surface area contributed by atoms with Crippen molar-refractivity contribution in [1.82, 2.24) is 9.88 Å². The van der Waals surface area contributed by atoms with Crippen LogP contribution in [0.25, 0.3) is 11.3 Å². The lowest BCUT2D eigenvalue weighted by Gasteiger charge is -2.46. The number of hydrogen-bond acceptors (Lipinski definition) is 3. The Morgan fingerprint density at radius 1 is 1.33 bits per heavy atom. The van der Waals surface area contributed by atoms with Crippen molar-refractivity contribution in [3.05, 3.63) is 11.5 Å². The average molecular weight is 338 g/mol. The zero-order chi connectivity index (χ0) is 18.4. The van der Waals surface area contributed by atoms with E-state index in [2.05, 4.69) is 4.98 Å². The summed E-state index contributed by atoms with van der Waals surface area (Å²) in [5, 5.41) is 9.59. The van der Waals surface area contributed by atoms with Crippen LogP contribution < -0.4 is 4.74 Å². The Kier molecular flexibility index (Phi) is 4.55. The van der Waals surface area contributed by atoms with Gasteiger partial charge in [0.05, 0.1) is 17.9 Å². The summed E-state index contributed by atoms with van der Waals surface area (Å²) in [5.74, 6) is 0.363. The van der Waals surface area contributed by atoms with E-state index in [1.54, 1.807) is 6.92 Å². The number of aryl methyl sites for hydroxylation is 1. The first-order valence-electron chi connectivity index (χ1n) is 8.22. The number of amides is 1. The molecule has 24 heavy (non-hydrogen) atoms. The summed E-state index contributed by atoms with van der Waals surface area (Å²) in [7, 11) is 0. The Hall–Kier alpha value is -1.85. The van der Waals surface area contributed by atoms with E-state index in [9.17, 15) is 14.3 Å². The van der Waals surface area contributed by atoms with Crippen LogP contribution >= 0.6 is 0 Å². The number of hydrogen-bond donors (Lipinski definition) is 1. The maximum absolute atomic E-state index is 13.3. The van der Waals surface area contributed by atoms with Crippen molar-refractivity contribution in [1.29, 1.82) is 0 Å². The van der Waals surface area contributed by atoms with Gasteiger partial charge in [0.25, 0.3) is 0 Å². The fourth-order valence-electron chi connectivity index (χ4n) is 3.73. The lowest BCUT2D eigenvalue weighted by Crippen LogP contribution is -2.57. The lowest BCUT2D eigenvalue weighted by molar-refractivity contribution is 0.0188. The van der Waals surface area contributed by atoms with Crippen molar-refractivity contribution >= 4 is 6.09 Å². The van der Waals surface area contributed by atoms with Gasteiger partial charge in [0.2, 0.25) is 0 Å². The van der Waals surface area contributed by atoms with Crippen LogP contribution in [0.3, 0.4) is 0 Å². The fraction of sp³-hybridized carbons (Fsp3) is 0.667. The maximum Gasteiger partial charge on any atom is 0.408 e. The van der Waals surface area contributed by atoms with E-state index in [1.165, 1.54) is 4.90 Å². The van der Waals surface area contributed by atoms with Crippen LogP contribution in [-0.2, 0) is 0 Å². The zero-order valence-corrected chi connectivity index (χ0v) is 15.5. The first-order valence-corrected chi connectivity index (χ1v) is 8.22. The molecular weight excluding hydrogens is 311 g/mol. The molecule has 0 saturated carbocycles. The maximum atomic E-state index is 13.3. The number of halogens is 1. The Bertz CT molecular complexity index is 665. The van der Waals surface area contributed by atoms with Crippen LogP contribution in [-0.4, -0.2) is 38.8 Å². The summed E-state index contributed by atoms with van der Waals surface area (Å²) >= 11 is 0. The molecule has 2 rings (SSSR count). The molecule has 5 nitrogen and oxygen atoms in total. The third-order valence-electron chi connectivity index (χ3n) is 4.26. The molecule has 2 aliphatic rings. The first-order chi connectivity index (χ1) is 10.9. The molecule has 1 unspecified atom stereocenters. The molecule has 1 atom stereocenters. The SMILES string of the molecule is Cc1nc2c(F)c-2c1OCC(C)CC(C)(C)N(C(=O)O)C(C)(C)C. The van der Waals surface area contributed by atoms with Crippen LogP contribution in [0.2, 0.25) is 0 Å². The minimum Gasteiger partial charge on any atom is -0.491 e. The van der Waals surface area contributed by atoms with Gasteiger partial charge in [0.1, 0.15) is 5.69 Å². The summed E-state index contributed by atoms with van der Waals surface area (Å²) < 4.78 is 19.1. The van der Waals surface area contributed by atoms with Crippen molar-refractivity contribution in [2.75, 3.05) is 6.61 Å². The minimum atomic E-state index is -0.932. The lowest BCUT2D eigenvalue weighted by atomic mass is 9.87. The Labute approximate surface area is 142 Å². The molecular formula is C18H27FN2O3. The number of rotatable bonds is 6. The van der Waals surface area contributed by atoms with Crippen molar-refractivity contribution < 1.29 is 19.0 Å². The third-order valence-corrected chi connectivity index (χ3v) is 4.26. The van der Waals surface area contributed by atoms with Gasteiger partial charge in [0, 0.05) is 11.1 Å². The summed E-state index contributed by atoms with van der Waals surface area (Å²) in [6.07, 6.45) is -0.295. The van der Waals surface area contributed by atoms with E-state index in [1.807, 2.05) is 41.5 Å². The van der Waals surface area contributed by atoms with Gasteiger partial charge < -0.3 is 9.84 Å². The molecule has 1 aliphatic carbocycles. The van der Waals surface area contributed by atoms with Crippen LogP contribution in [0.1, 0.15) is 53.7 Å². The number of ether oxygens (including phenoxy) is 1. The van der Waals surface area contributed by atoms with Crippen molar-refractivity contribution in [2.24, 2.45) is 5.92 Å². The smallest absolute Gasteiger partial charge is 0.408 e. The molecule has 0 aromatic heterocycles. The van der Waals surface area contributed by atoms with E-state index in [4.69, 9.17) is 4.74 Å². The fourth-order valence-corrected chi connectivity index (χ4v) is 3.73. The standard InChI is InChI=1S/C18H27FN2O3/c1-10(8-18(6,7)21(16(22)23)17(3,4)5)9-24-15-11(2)20-14-12(15)13(14)19/h10H,8-9H2,1-7H3,(H,22,23). The molecule has 1 aliphatic heterocycles. The van der Waals surface area contributed by atoms with Crippen molar-refractivity contribution in [2.45, 2.75) is 66.0 Å². The molecule has 0 aromatic rings. The van der Waals surface area contributed by atoms with E-state index in [0.29, 0.717) is 35.7 Å². The van der Waals surface area contributed by atoms with Crippen molar-refractivity contribution in [3.8, 4) is 17.0 Å². The van der Waals surface area contributed by atoms with Gasteiger partial charge in [0.15, 0.2) is 11.6 Å². The highest BCUT2D eigenvalue weighted by Crippen LogP contribution is 2.48. The second-order valence-corrected chi connectivity index (χ2v) is 8.29. The molecule has 0 aromatic carbocycles. The largest absolute Gasteiger partial charge is 0.491 e. The molecule has 0 fully saturated rings. The van der Waals surface area contributed by atoms with Crippen LogP contribution in [0.15, 0.2) is 0 Å². The molecule has 1 heterocycles. The average Bonchev–Trinajstić information content (AvgIpc) is 2.84. The van der Waals surface area contributed by atoms with E-state index in [0.717, 1.165) is 0 Å². The number of carboxylic acid groups (broad SMARTS) is 1. The van der Waals surface area contributed by atoms with Gasteiger partial charge in [-0.05, 0) is 53.9 Å². The summed E-state index contributed by atoms with van der Waals surface area (Å²) in [6.45, 7) is 13.7. The zero-order valence-electron chi connectivity index (χ0n) is 15.5. The normalized spacial score (nSPS) is 14.3. The van der Waals surface area contributed by atoms with Crippen LogP contribution in [0, 0.1) is 18.7 Å². The second-order valence-electron chi connectivity index (χ2n) is 8.29. The summed E-state index contributed by atoms with van der Waals surface area (Å²) in [6, 6.07) is 0. The molecule has 0 saturated heterocycles. The monoisotopic (exact) mass is 338 g/mol. The molecule has 0 spiro atoms. The highest BCUT2D eigenvalue weighted by Gasteiger charge is 2.40. The number of nitrogens with zero attached hydrogens (tertiary/aromatic N) is 2. The van der Waals surface area contributed by atoms with Crippen LogP contribution in [0.5, 0.6) is 5.75 Å². The third kappa shape index (κ3) is 3.47.